The van der Waals surface area contributed by atoms with Gasteiger partial charge >= 0.3 is 0 Å². The van der Waals surface area contributed by atoms with Crippen LogP contribution in [0.25, 0.3) is 0 Å². The van der Waals surface area contributed by atoms with E-state index < -0.39 is 66.0 Å². The van der Waals surface area contributed by atoms with Crippen molar-refractivity contribution in [3.05, 3.63) is 58.1 Å². The largest absolute Gasteiger partial charge is 0.496 e. The molecule has 1 aliphatic heterocycles. The topological polar surface area (TPSA) is 88.1 Å². The first-order chi connectivity index (χ1) is 16.6. The highest BCUT2D eigenvalue weighted by atomic mass is 35.5. The van der Waals surface area contributed by atoms with Crippen molar-refractivity contribution in [3.63, 3.8) is 0 Å². The van der Waals surface area contributed by atoms with Crippen LogP contribution in [0, 0.1) is 29.2 Å². The van der Waals surface area contributed by atoms with E-state index in [2.05, 4.69) is 10.1 Å². The Balaban J connectivity index is 1.54. The first-order valence-corrected chi connectivity index (χ1v) is 11.0. The lowest BCUT2D eigenvalue weighted by Crippen LogP contribution is -2.45. The second-order valence-electron chi connectivity index (χ2n) is 7.94. The van der Waals surface area contributed by atoms with Gasteiger partial charge in [-0.3, -0.25) is 14.5 Å². The van der Waals surface area contributed by atoms with Crippen LogP contribution in [-0.4, -0.2) is 55.0 Å². The molecule has 1 unspecified atom stereocenters. The van der Waals surface area contributed by atoms with Crippen LogP contribution in [0.2, 0.25) is 5.02 Å². The van der Waals surface area contributed by atoms with Gasteiger partial charge in [0.1, 0.15) is 18.6 Å². The average molecular weight is 519 g/mol. The zero-order valence-corrected chi connectivity index (χ0v) is 19.4. The number of carbonyl (C=O) groups is 2. The number of likely N-dealkylation sites (tertiary alicyclic amines) is 1. The van der Waals surface area contributed by atoms with Gasteiger partial charge < -0.3 is 19.9 Å². The molecule has 1 saturated heterocycles. The van der Waals surface area contributed by atoms with Crippen molar-refractivity contribution in [2.75, 3.05) is 33.4 Å². The Morgan fingerprint density at radius 2 is 1.89 bits per heavy atom. The first kappa shape index (κ1) is 26.7. The predicted molar refractivity (Wildman–Crippen MR) is 117 cm³/mol. The molecule has 0 radical (unpaired) electrons. The minimum Gasteiger partial charge on any atom is -0.496 e. The SMILES string of the molecule is COc1ccc(Cl)cc1C(O)N1CCC[C@H](C(=O)NCC(=O)COc2c(F)c(F)cc(F)c2F)C1. The van der Waals surface area contributed by atoms with Gasteiger partial charge in [0.05, 0.1) is 19.6 Å². The molecule has 1 aliphatic rings. The summed E-state index contributed by atoms with van der Waals surface area (Å²) in [5.74, 6) is -9.58. The van der Waals surface area contributed by atoms with Crippen molar-refractivity contribution in [2.45, 2.75) is 19.1 Å². The van der Waals surface area contributed by atoms with Gasteiger partial charge in [-0.15, -0.1) is 0 Å². The smallest absolute Gasteiger partial charge is 0.224 e. The molecule has 3 rings (SSSR count). The lowest BCUT2D eigenvalue weighted by atomic mass is 9.96. The van der Waals surface area contributed by atoms with E-state index in [1.165, 1.54) is 7.11 Å². The number of ether oxygens (including phenoxy) is 2. The number of aliphatic hydroxyl groups excluding tert-OH is 1. The zero-order chi connectivity index (χ0) is 25.7. The fourth-order valence-electron chi connectivity index (χ4n) is 3.76. The molecule has 2 aromatic rings. The molecule has 2 aromatic carbocycles. The molecule has 12 heteroatoms. The molecule has 1 heterocycles. The van der Waals surface area contributed by atoms with Crippen LogP contribution in [0.1, 0.15) is 24.6 Å². The Kier molecular flexibility index (Phi) is 8.92. The minimum absolute atomic E-state index is 0.0203. The Hall–Kier alpha value is -2.89. The molecule has 0 bridgehead atoms. The molecular weight excluding hydrogens is 496 g/mol. The molecule has 190 valence electrons. The number of benzene rings is 2. The van der Waals surface area contributed by atoms with Gasteiger partial charge in [-0.05, 0) is 31.0 Å². The van der Waals surface area contributed by atoms with E-state index in [0.717, 1.165) is 0 Å². The highest BCUT2D eigenvalue weighted by Gasteiger charge is 2.31. The van der Waals surface area contributed by atoms with Crippen molar-refractivity contribution < 1.29 is 41.7 Å². The summed E-state index contributed by atoms with van der Waals surface area (Å²) in [4.78, 5) is 26.3. The molecule has 0 spiro atoms. The summed E-state index contributed by atoms with van der Waals surface area (Å²) in [6.07, 6.45) is 0.0234. The van der Waals surface area contributed by atoms with Crippen molar-refractivity contribution in [1.29, 1.82) is 0 Å². The van der Waals surface area contributed by atoms with Crippen LogP contribution in [0.4, 0.5) is 17.6 Å². The molecule has 1 amide bonds. The number of piperidine rings is 1. The number of halogens is 5. The van der Waals surface area contributed by atoms with Crippen molar-refractivity contribution >= 4 is 23.3 Å². The number of hydrogen-bond donors (Lipinski definition) is 2. The monoisotopic (exact) mass is 518 g/mol. The standard InChI is InChI=1S/C23H23ClF4N2O5/c1-34-18-5-4-13(24)7-15(18)23(33)30-6-2-3-12(10-30)22(32)29-9-14(31)11-35-21-19(27)16(25)8-17(26)20(21)28/h4-5,7-8,12,23,33H,2-3,6,9-11H2,1H3,(H,29,32)/t12-,23?/m0/s1. The highest BCUT2D eigenvalue weighted by Crippen LogP contribution is 2.33. The molecule has 0 aromatic heterocycles. The maximum atomic E-state index is 13.6. The summed E-state index contributed by atoms with van der Waals surface area (Å²) in [6, 6.07) is 4.84. The van der Waals surface area contributed by atoms with Gasteiger partial charge in [0.25, 0.3) is 0 Å². The third kappa shape index (κ3) is 6.41. The second kappa shape index (κ2) is 11.7. The third-order valence-electron chi connectivity index (χ3n) is 5.55. The number of ketones is 1. The van der Waals surface area contributed by atoms with Crippen LogP contribution >= 0.6 is 11.6 Å². The number of Topliss-reactive ketones (excluding diaryl/α,β-unsaturated/α-hetero) is 1. The fourth-order valence-corrected chi connectivity index (χ4v) is 3.94. The van der Waals surface area contributed by atoms with E-state index >= 15 is 0 Å². The number of rotatable bonds is 9. The molecule has 2 atom stereocenters. The number of amides is 1. The zero-order valence-electron chi connectivity index (χ0n) is 18.6. The quantitative estimate of drug-likeness (QED) is 0.391. The Morgan fingerprint density at radius 1 is 1.20 bits per heavy atom. The highest BCUT2D eigenvalue weighted by molar-refractivity contribution is 6.30. The lowest BCUT2D eigenvalue weighted by molar-refractivity contribution is -0.131. The van der Waals surface area contributed by atoms with Gasteiger partial charge in [0.2, 0.25) is 17.5 Å². The number of methoxy groups -OCH3 is 1. The maximum absolute atomic E-state index is 13.6. The van der Waals surface area contributed by atoms with Gasteiger partial charge in [0, 0.05) is 29.7 Å². The normalized spacial score (nSPS) is 17.1. The Bertz CT molecular complexity index is 1080. The Labute approximate surface area is 203 Å². The van der Waals surface area contributed by atoms with Gasteiger partial charge in [0.15, 0.2) is 23.2 Å². The maximum Gasteiger partial charge on any atom is 0.224 e. The average Bonchev–Trinajstić information content (AvgIpc) is 2.85. The minimum atomic E-state index is -1.77. The molecule has 0 aliphatic carbocycles. The number of aliphatic hydroxyl groups is 1. The fraction of sp³-hybridized carbons (Fsp3) is 0.391. The number of nitrogens with zero attached hydrogens (tertiary/aromatic N) is 1. The summed E-state index contributed by atoms with van der Waals surface area (Å²) in [5.41, 5.74) is 0.446. The summed E-state index contributed by atoms with van der Waals surface area (Å²) < 4.78 is 63.6. The van der Waals surface area contributed by atoms with Crippen LogP contribution in [0.15, 0.2) is 24.3 Å². The molecule has 1 fully saturated rings. The van der Waals surface area contributed by atoms with E-state index in [1.807, 2.05) is 0 Å². The summed E-state index contributed by atoms with van der Waals surface area (Å²) in [5, 5.41) is 13.7. The number of carbonyl (C=O) groups excluding carboxylic acids is 2. The number of hydrogen-bond acceptors (Lipinski definition) is 6. The second-order valence-corrected chi connectivity index (χ2v) is 8.37. The van der Waals surface area contributed by atoms with Crippen molar-refractivity contribution in [1.82, 2.24) is 10.2 Å². The van der Waals surface area contributed by atoms with Gasteiger partial charge in [-0.2, -0.15) is 8.78 Å². The molecular formula is C23H23ClF4N2O5. The third-order valence-corrected chi connectivity index (χ3v) is 5.78. The van der Waals surface area contributed by atoms with E-state index in [-0.39, 0.29) is 12.6 Å². The van der Waals surface area contributed by atoms with E-state index in [1.54, 1.807) is 23.1 Å². The molecule has 2 N–H and O–H groups in total. The summed E-state index contributed by atoms with van der Waals surface area (Å²) in [6.45, 7) is -0.747. The van der Waals surface area contributed by atoms with Crippen LogP contribution < -0.4 is 14.8 Å². The summed E-state index contributed by atoms with van der Waals surface area (Å²) >= 11 is 6.03. The Morgan fingerprint density at radius 3 is 2.54 bits per heavy atom. The van der Waals surface area contributed by atoms with E-state index in [0.29, 0.717) is 35.7 Å². The van der Waals surface area contributed by atoms with Gasteiger partial charge in [-0.25, -0.2) is 8.78 Å². The molecule has 7 nitrogen and oxygen atoms in total. The van der Waals surface area contributed by atoms with Crippen molar-refractivity contribution in [3.8, 4) is 11.5 Å². The number of nitrogens with one attached hydrogen (secondary N) is 1. The van der Waals surface area contributed by atoms with E-state index in [4.69, 9.17) is 16.3 Å². The lowest BCUT2D eigenvalue weighted by Gasteiger charge is -2.35. The molecule has 0 saturated carbocycles. The van der Waals surface area contributed by atoms with Crippen LogP contribution in [-0.2, 0) is 9.59 Å². The summed E-state index contributed by atoms with van der Waals surface area (Å²) in [7, 11) is 1.46. The van der Waals surface area contributed by atoms with Gasteiger partial charge in [-0.1, -0.05) is 11.6 Å². The first-order valence-electron chi connectivity index (χ1n) is 10.6. The van der Waals surface area contributed by atoms with Crippen molar-refractivity contribution in [2.24, 2.45) is 5.92 Å². The predicted octanol–water partition coefficient (Wildman–Crippen LogP) is 3.37. The van der Waals surface area contributed by atoms with Crippen LogP contribution in [0.3, 0.4) is 0 Å². The van der Waals surface area contributed by atoms with Crippen LogP contribution in [0.5, 0.6) is 11.5 Å². The van der Waals surface area contributed by atoms with E-state index in [9.17, 15) is 32.3 Å². The molecule has 35 heavy (non-hydrogen) atoms.